The number of rotatable bonds is 2. The Morgan fingerprint density at radius 1 is 1.32 bits per heavy atom. The first kappa shape index (κ1) is 17.3. The van der Waals surface area contributed by atoms with Crippen LogP contribution in [0, 0.1) is 5.92 Å². The molecule has 134 valence electrons. The van der Waals surface area contributed by atoms with Crippen LogP contribution < -0.4 is 0 Å². The molecule has 1 amide bonds. The van der Waals surface area contributed by atoms with Crippen LogP contribution in [0.5, 0.6) is 5.75 Å². The molecule has 8 heteroatoms. The molecule has 0 aliphatic carbocycles. The summed E-state index contributed by atoms with van der Waals surface area (Å²) in [5.74, 6) is -0.555. The first-order valence-corrected chi connectivity index (χ1v) is 8.02. The zero-order valence-corrected chi connectivity index (χ0v) is 13.6. The lowest BCUT2D eigenvalue weighted by Crippen LogP contribution is -2.39. The number of benzene rings is 1. The fourth-order valence-electron chi connectivity index (χ4n) is 3.08. The van der Waals surface area contributed by atoms with Gasteiger partial charge in [0.05, 0.1) is 17.4 Å². The third-order valence-electron chi connectivity index (χ3n) is 4.30. The van der Waals surface area contributed by atoms with Crippen molar-refractivity contribution in [2.24, 2.45) is 5.92 Å². The Hall–Kier alpha value is -2.51. The molecule has 1 aliphatic rings. The maximum atomic E-state index is 13.2. The summed E-state index contributed by atoms with van der Waals surface area (Å²) in [5.41, 5.74) is -1.36. The van der Waals surface area contributed by atoms with Gasteiger partial charge in [-0.1, -0.05) is 19.1 Å². The molecule has 1 saturated heterocycles. The fourth-order valence-corrected chi connectivity index (χ4v) is 3.08. The molecule has 2 heterocycles. The van der Waals surface area contributed by atoms with Crippen molar-refractivity contribution in [1.29, 1.82) is 0 Å². The predicted octanol–water partition coefficient (Wildman–Crippen LogP) is 3.47. The van der Waals surface area contributed by atoms with E-state index >= 15 is 0 Å². The third kappa shape index (κ3) is 3.47. The van der Waals surface area contributed by atoms with Gasteiger partial charge in [-0.15, -0.1) is 0 Å². The van der Waals surface area contributed by atoms with E-state index < -0.39 is 23.4 Å². The van der Waals surface area contributed by atoms with E-state index in [4.69, 9.17) is 0 Å². The van der Waals surface area contributed by atoms with Crippen molar-refractivity contribution in [1.82, 2.24) is 14.7 Å². The van der Waals surface area contributed by atoms with Gasteiger partial charge in [0, 0.05) is 13.1 Å². The molecule has 1 fully saturated rings. The van der Waals surface area contributed by atoms with E-state index in [9.17, 15) is 23.1 Å². The summed E-state index contributed by atoms with van der Waals surface area (Å²) in [6, 6.07) is 4.89. The average Bonchev–Trinajstić information content (AvgIpc) is 2.95. The molecule has 0 saturated carbocycles. The second-order valence-electron chi connectivity index (χ2n) is 6.32. The number of amides is 1. The molecule has 1 atom stereocenters. The monoisotopic (exact) mass is 353 g/mol. The number of nitrogens with zero attached hydrogens (tertiary/aromatic N) is 3. The Labute approximate surface area is 142 Å². The molecule has 0 spiro atoms. The molecule has 25 heavy (non-hydrogen) atoms. The number of likely N-dealkylation sites (tertiary alicyclic amines) is 1. The van der Waals surface area contributed by atoms with E-state index in [2.05, 4.69) is 5.10 Å². The van der Waals surface area contributed by atoms with Crippen LogP contribution in [-0.4, -0.2) is 38.8 Å². The molecule has 1 aromatic heterocycles. The number of hydrogen-bond donors (Lipinski definition) is 1. The molecule has 1 aromatic carbocycles. The first-order valence-electron chi connectivity index (χ1n) is 8.02. The third-order valence-corrected chi connectivity index (χ3v) is 4.30. The minimum atomic E-state index is -4.56. The van der Waals surface area contributed by atoms with Crippen molar-refractivity contribution in [2.45, 2.75) is 25.9 Å². The van der Waals surface area contributed by atoms with Crippen molar-refractivity contribution >= 4 is 5.91 Å². The van der Waals surface area contributed by atoms with Gasteiger partial charge >= 0.3 is 6.18 Å². The highest BCUT2D eigenvalue weighted by atomic mass is 19.4. The Morgan fingerprint density at radius 2 is 2.04 bits per heavy atom. The summed E-state index contributed by atoms with van der Waals surface area (Å²) in [6.45, 7) is 3.12. The van der Waals surface area contributed by atoms with E-state index in [1.54, 1.807) is 4.90 Å². The number of para-hydroxylation sites is 1. The highest BCUT2D eigenvalue weighted by molar-refractivity contribution is 5.95. The lowest BCUT2D eigenvalue weighted by molar-refractivity contribution is -0.137. The largest absolute Gasteiger partial charge is 0.504 e. The summed E-state index contributed by atoms with van der Waals surface area (Å²) in [5, 5.41) is 14.0. The maximum absolute atomic E-state index is 13.2. The highest BCUT2D eigenvalue weighted by Crippen LogP contribution is 2.34. The summed E-state index contributed by atoms with van der Waals surface area (Å²) in [7, 11) is 0. The van der Waals surface area contributed by atoms with Crippen molar-refractivity contribution < 1.29 is 23.1 Å². The number of alkyl halides is 3. The number of hydrogen-bond acceptors (Lipinski definition) is 3. The number of halogens is 3. The summed E-state index contributed by atoms with van der Waals surface area (Å²) >= 11 is 0. The number of aromatic hydroxyl groups is 1. The van der Waals surface area contributed by atoms with Crippen molar-refractivity contribution in [3.63, 3.8) is 0 Å². The van der Waals surface area contributed by atoms with Gasteiger partial charge in [0.15, 0.2) is 11.4 Å². The lowest BCUT2D eigenvalue weighted by Gasteiger charge is -2.30. The number of piperidine rings is 1. The number of carbonyl (C=O) groups is 1. The van der Waals surface area contributed by atoms with Crippen LogP contribution in [0.3, 0.4) is 0 Å². The van der Waals surface area contributed by atoms with Crippen LogP contribution in [0.2, 0.25) is 0 Å². The molecule has 0 bridgehead atoms. The van der Waals surface area contributed by atoms with Crippen LogP contribution >= 0.6 is 0 Å². The zero-order chi connectivity index (χ0) is 18.2. The minimum absolute atomic E-state index is 0.230. The van der Waals surface area contributed by atoms with Gasteiger partial charge in [-0.05, 0) is 30.9 Å². The van der Waals surface area contributed by atoms with Crippen LogP contribution in [0.15, 0.2) is 30.5 Å². The van der Waals surface area contributed by atoms with Crippen LogP contribution in [0.25, 0.3) is 5.69 Å². The molecule has 1 N–H and O–H groups in total. The van der Waals surface area contributed by atoms with E-state index in [1.165, 1.54) is 18.2 Å². The van der Waals surface area contributed by atoms with Gasteiger partial charge in [-0.25, -0.2) is 4.68 Å². The summed E-state index contributed by atoms with van der Waals surface area (Å²) < 4.78 is 40.4. The Kier molecular flexibility index (Phi) is 4.45. The van der Waals surface area contributed by atoms with Gasteiger partial charge in [0.25, 0.3) is 5.91 Å². The fraction of sp³-hybridized carbons (Fsp3) is 0.412. The summed E-state index contributed by atoms with van der Waals surface area (Å²) in [4.78, 5) is 14.1. The SMILES string of the molecule is C[C@H]1CCCN(C(=O)c2nn(-c3ccccc3C(F)(F)F)cc2O)C1. The normalized spacial score (nSPS) is 18.4. The highest BCUT2D eigenvalue weighted by Gasteiger charge is 2.34. The number of carbonyl (C=O) groups excluding carboxylic acids is 1. The second kappa shape index (κ2) is 6.42. The van der Waals surface area contributed by atoms with Crippen LogP contribution in [0.4, 0.5) is 13.2 Å². The Bertz CT molecular complexity index is 786. The van der Waals surface area contributed by atoms with Gasteiger partial charge in [0.1, 0.15) is 0 Å². The van der Waals surface area contributed by atoms with E-state index in [1.807, 2.05) is 6.92 Å². The standard InChI is InChI=1S/C17H18F3N3O2/c1-11-5-4-8-22(9-11)16(25)15-14(24)10-23(21-15)13-7-3-2-6-12(13)17(18,19)20/h2-3,6-7,10-11,24H,4-5,8-9H2,1H3/t11-/m0/s1. The van der Waals surface area contributed by atoms with Gasteiger partial charge < -0.3 is 10.0 Å². The first-order chi connectivity index (χ1) is 11.8. The zero-order valence-electron chi connectivity index (χ0n) is 13.6. The lowest BCUT2D eigenvalue weighted by atomic mass is 10.00. The molecule has 2 aromatic rings. The quantitative estimate of drug-likeness (QED) is 0.899. The Morgan fingerprint density at radius 3 is 2.72 bits per heavy atom. The second-order valence-corrected chi connectivity index (χ2v) is 6.32. The van der Waals surface area contributed by atoms with Crippen molar-refractivity contribution in [2.75, 3.05) is 13.1 Å². The minimum Gasteiger partial charge on any atom is -0.504 e. The molecule has 1 aliphatic heterocycles. The maximum Gasteiger partial charge on any atom is 0.418 e. The molecule has 5 nitrogen and oxygen atoms in total. The van der Waals surface area contributed by atoms with Gasteiger partial charge in [-0.3, -0.25) is 4.79 Å². The molecule has 0 unspecified atom stereocenters. The predicted molar refractivity (Wildman–Crippen MR) is 84.5 cm³/mol. The van der Waals surface area contributed by atoms with Crippen LogP contribution in [0.1, 0.15) is 35.8 Å². The molecule has 3 rings (SSSR count). The average molecular weight is 353 g/mol. The molecular formula is C17H18F3N3O2. The Balaban J connectivity index is 1.95. The summed E-state index contributed by atoms with van der Waals surface area (Å²) in [6.07, 6.45) is -1.66. The van der Waals surface area contributed by atoms with E-state index in [-0.39, 0.29) is 11.4 Å². The van der Waals surface area contributed by atoms with Gasteiger partial charge in [0.2, 0.25) is 0 Å². The van der Waals surface area contributed by atoms with Gasteiger partial charge in [-0.2, -0.15) is 18.3 Å². The van der Waals surface area contributed by atoms with Crippen molar-refractivity contribution in [3.05, 3.63) is 41.7 Å². The molecule has 0 radical (unpaired) electrons. The van der Waals surface area contributed by atoms with Crippen LogP contribution in [-0.2, 0) is 6.18 Å². The topological polar surface area (TPSA) is 58.4 Å². The van der Waals surface area contributed by atoms with E-state index in [0.717, 1.165) is 29.8 Å². The van der Waals surface area contributed by atoms with Crippen molar-refractivity contribution in [3.8, 4) is 11.4 Å². The molecular weight excluding hydrogens is 335 g/mol. The smallest absolute Gasteiger partial charge is 0.418 e. The number of aromatic nitrogens is 2. The van der Waals surface area contributed by atoms with E-state index in [0.29, 0.717) is 19.0 Å².